The van der Waals surface area contributed by atoms with E-state index in [1.54, 1.807) is 6.07 Å². The molecule has 1 heterocycles. The Morgan fingerprint density at radius 1 is 1.10 bits per heavy atom. The minimum atomic E-state index is -3.82. The van der Waals surface area contributed by atoms with E-state index in [1.807, 2.05) is 7.05 Å². The number of amides is 1. The second-order valence-electron chi connectivity index (χ2n) is 7.37. The maximum Gasteiger partial charge on any atom is 0.243 e. The number of rotatable bonds is 7. The standard InChI is InChI=1S/C20H23Cl2FN4O3S/c1-27-8-6-13(7-9-27)26-31(29,30)19-11-14(2-4-16(19)21)24-12-20(28)25-15-3-5-18(23)17(22)10-15/h2-5,10-11,13,24,26H,6-9,12H2,1H3,(H,25,28). The number of anilines is 2. The highest BCUT2D eigenvalue weighted by molar-refractivity contribution is 7.89. The number of nitrogens with one attached hydrogen (secondary N) is 3. The summed E-state index contributed by atoms with van der Waals surface area (Å²) in [6.45, 7) is 1.49. The van der Waals surface area contributed by atoms with Crippen LogP contribution in [0.25, 0.3) is 0 Å². The lowest BCUT2D eigenvalue weighted by Crippen LogP contribution is -2.43. The van der Waals surface area contributed by atoms with Crippen LogP contribution in [0.1, 0.15) is 12.8 Å². The highest BCUT2D eigenvalue weighted by Crippen LogP contribution is 2.26. The van der Waals surface area contributed by atoms with Crippen molar-refractivity contribution in [2.24, 2.45) is 0 Å². The molecule has 1 saturated heterocycles. The molecule has 0 atom stereocenters. The summed E-state index contributed by atoms with van der Waals surface area (Å²) < 4.78 is 41.6. The van der Waals surface area contributed by atoms with Gasteiger partial charge in [-0.05, 0) is 69.4 Å². The first kappa shape index (κ1) is 23.7. The Balaban J connectivity index is 1.63. The summed E-state index contributed by atoms with van der Waals surface area (Å²) >= 11 is 11.8. The van der Waals surface area contributed by atoms with E-state index in [2.05, 4.69) is 20.3 Å². The average molecular weight is 489 g/mol. The summed E-state index contributed by atoms with van der Waals surface area (Å²) in [5, 5.41) is 5.44. The fourth-order valence-corrected chi connectivity index (χ4v) is 5.20. The summed E-state index contributed by atoms with van der Waals surface area (Å²) in [5.41, 5.74) is 0.764. The molecular weight excluding hydrogens is 466 g/mol. The van der Waals surface area contributed by atoms with Gasteiger partial charge in [0.15, 0.2) is 0 Å². The van der Waals surface area contributed by atoms with Crippen molar-refractivity contribution < 1.29 is 17.6 Å². The molecule has 0 aliphatic carbocycles. The Morgan fingerprint density at radius 3 is 2.45 bits per heavy atom. The molecule has 1 amide bonds. The van der Waals surface area contributed by atoms with Gasteiger partial charge in [-0.3, -0.25) is 4.79 Å². The number of likely N-dealkylation sites (tertiary alicyclic amines) is 1. The van der Waals surface area contributed by atoms with Crippen LogP contribution in [0, 0.1) is 5.82 Å². The SMILES string of the molecule is CN1CCC(NS(=O)(=O)c2cc(NCC(=O)Nc3ccc(F)c(Cl)c3)ccc2Cl)CC1. The van der Waals surface area contributed by atoms with Crippen LogP contribution in [0.4, 0.5) is 15.8 Å². The predicted octanol–water partition coefficient (Wildman–Crippen LogP) is 3.56. The van der Waals surface area contributed by atoms with Gasteiger partial charge in [-0.2, -0.15) is 0 Å². The highest BCUT2D eigenvalue weighted by Gasteiger charge is 2.25. The van der Waals surface area contributed by atoms with Crippen LogP contribution in [0.3, 0.4) is 0 Å². The van der Waals surface area contributed by atoms with E-state index >= 15 is 0 Å². The first-order chi connectivity index (χ1) is 14.6. The van der Waals surface area contributed by atoms with E-state index in [1.165, 1.54) is 24.3 Å². The Hall–Kier alpha value is -1.91. The predicted molar refractivity (Wildman–Crippen MR) is 121 cm³/mol. The molecule has 2 aromatic rings. The minimum absolute atomic E-state index is 0.0520. The minimum Gasteiger partial charge on any atom is -0.376 e. The van der Waals surface area contributed by atoms with Gasteiger partial charge in [0, 0.05) is 17.4 Å². The van der Waals surface area contributed by atoms with Crippen LogP contribution in [-0.4, -0.2) is 51.9 Å². The average Bonchev–Trinajstić information content (AvgIpc) is 2.71. The summed E-state index contributed by atoms with van der Waals surface area (Å²) in [6, 6.07) is 8.13. The lowest BCUT2D eigenvalue weighted by atomic mass is 10.1. The van der Waals surface area contributed by atoms with Crippen LogP contribution >= 0.6 is 23.2 Å². The van der Waals surface area contributed by atoms with E-state index in [9.17, 15) is 17.6 Å². The number of halogens is 3. The van der Waals surface area contributed by atoms with Crippen molar-refractivity contribution in [1.82, 2.24) is 9.62 Å². The molecule has 1 aliphatic heterocycles. The van der Waals surface area contributed by atoms with Gasteiger partial charge in [-0.25, -0.2) is 17.5 Å². The molecule has 1 aliphatic rings. The first-order valence-electron chi connectivity index (χ1n) is 9.63. The number of carbonyl (C=O) groups excluding carboxylic acids is 1. The number of benzene rings is 2. The molecule has 7 nitrogen and oxygen atoms in total. The van der Waals surface area contributed by atoms with Crippen molar-refractivity contribution in [3.63, 3.8) is 0 Å². The molecule has 0 aromatic heterocycles. The second-order valence-corrected chi connectivity index (χ2v) is 9.87. The Kier molecular flexibility index (Phi) is 7.77. The van der Waals surface area contributed by atoms with Crippen LogP contribution in [0.2, 0.25) is 10.0 Å². The Bertz CT molecular complexity index is 1060. The third-order valence-electron chi connectivity index (χ3n) is 4.92. The molecule has 0 radical (unpaired) electrons. The van der Waals surface area contributed by atoms with E-state index in [0.29, 0.717) is 11.4 Å². The number of sulfonamides is 1. The van der Waals surface area contributed by atoms with Crippen molar-refractivity contribution in [3.05, 3.63) is 52.3 Å². The van der Waals surface area contributed by atoms with Crippen LogP contribution in [-0.2, 0) is 14.8 Å². The molecule has 0 saturated carbocycles. The van der Waals surface area contributed by atoms with Crippen LogP contribution < -0.4 is 15.4 Å². The molecule has 2 aromatic carbocycles. The lowest BCUT2D eigenvalue weighted by Gasteiger charge is -2.29. The van der Waals surface area contributed by atoms with Crippen LogP contribution in [0.15, 0.2) is 41.3 Å². The number of nitrogens with zero attached hydrogens (tertiary/aromatic N) is 1. The van der Waals surface area contributed by atoms with Crippen molar-refractivity contribution in [2.75, 3.05) is 37.3 Å². The molecule has 11 heteroatoms. The van der Waals surface area contributed by atoms with Crippen LogP contribution in [0.5, 0.6) is 0 Å². The van der Waals surface area contributed by atoms with Gasteiger partial charge in [0.25, 0.3) is 0 Å². The van der Waals surface area contributed by atoms with Gasteiger partial charge in [0.05, 0.1) is 16.6 Å². The molecule has 1 fully saturated rings. The summed E-state index contributed by atoms with van der Waals surface area (Å²) in [7, 11) is -1.82. The van der Waals surface area contributed by atoms with Crippen molar-refractivity contribution in [2.45, 2.75) is 23.8 Å². The van der Waals surface area contributed by atoms with Crippen molar-refractivity contribution >= 4 is 50.5 Å². The summed E-state index contributed by atoms with van der Waals surface area (Å²) in [4.78, 5) is 14.2. The van der Waals surface area contributed by atoms with Gasteiger partial charge in [-0.1, -0.05) is 23.2 Å². The molecule has 0 unspecified atom stereocenters. The van der Waals surface area contributed by atoms with Gasteiger partial charge in [0.1, 0.15) is 10.7 Å². The molecular formula is C20H23Cl2FN4O3S. The molecule has 168 valence electrons. The van der Waals surface area contributed by atoms with E-state index in [-0.39, 0.29) is 27.5 Å². The van der Waals surface area contributed by atoms with E-state index < -0.39 is 21.7 Å². The van der Waals surface area contributed by atoms with Crippen molar-refractivity contribution in [1.29, 1.82) is 0 Å². The van der Waals surface area contributed by atoms with E-state index in [4.69, 9.17) is 23.2 Å². The Morgan fingerprint density at radius 2 is 1.77 bits per heavy atom. The molecule has 0 bridgehead atoms. The van der Waals surface area contributed by atoms with Gasteiger partial charge < -0.3 is 15.5 Å². The summed E-state index contributed by atoms with van der Waals surface area (Å²) in [6.07, 6.45) is 1.44. The number of hydrogen-bond donors (Lipinski definition) is 3. The smallest absolute Gasteiger partial charge is 0.243 e. The maximum absolute atomic E-state index is 13.2. The third-order valence-corrected chi connectivity index (χ3v) is 7.21. The summed E-state index contributed by atoms with van der Waals surface area (Å²) in [5.74, 6) is -0.993. The van der Waals surface area contributed by atoms with Gasteiger partial charge >= 0.3 is 0 Å². The number of hydrogen-bond acceptors (Lipinski definition) is 5. The zero-order valence-electron chi connectivity index (χ0n) is 16.8. The topological polar surface area (TPSA) is 90.5 Å². The fourth-order valence-electron chi connectivity index (χ4n) is 3.19. The zero-order valence-corrected chi connectivity index (χ0v) is 19.1. The number of piperidine rings is 1. The number of carbonyl (C=O) groups is 1. The maximum atomic E-state index is 13.2. The lowest BCUT2D eigenvalue weighted by molar-refractivity contribution is -0.114. The normalized spacial score (nSPS) is 15.6. The largest absolute Gasteiger partial charge is 0.376 e. The molecule has 31 heavy (non-hydrogen) atoms. The van der Waals surface area contributed by atoms with E-state index in [0.717, 1.165) is 32.0 Å². The monoisotopic (exact) mass is 488 g/mol. The third kappa shape index (κ3) is 6.54. The Labute approximate surface area is 191 Å². The highest BCUT2D eigenvalue weighted by atomic mass is 35.5. The zero-order chi connectivity index (χ0) is 22.6. The van der Waals surface area contributed by atoms with Gasteiger partial charge in [-0.15, -0.1) is 0 Å². The molecule has 3 N–H and O–H groups in total. The van der Waals surface area contributed by atoms with Crippen molar-refractivity contribution in [3.8, 4) is 0 Å². The molecule has 0 spiro atoms. The quantitative estimate of drug-likeness (QED) is 0.554. The first-order valence-corrected chi connectivity index (χ1v) is 11.9. The second kappa shape index (κ2) is 10.1. The molecule has 3 rings (SSSR count). The van der Waals surface area contributed by atoms with Gasteiger partial charge in [0.2, 0.25) is 15.9 Å². The fraction of sp³-hybridized carbons (Fsp3) is 0.350.